The summed E-state index contributed by atoms with van der Waals surface area (Å²) >= 11 is 0. The molecule has 33 heavy (non-hydrogen) atoms. The number of halogens is 1. The number of nitrogens with zero attached hydrogens (tertiary/aromatic N) is 2. The highest BCUT2D eigenvalue weighted by Gasteiger charge is 2.34. The van der Waals surface area contributed by atoms with Crippen LogP contribution in [0.3, 0.4) is 0 Å². The highest BCUT2D eigenvalue weighted by molar-refractivity contribution is 6.21. The highest BCUT2D eigenvalue weighted by atomic mass is 19.1. The Morgan fingerprint density at radius 3 is 2.24 bits per heavy atom. The van der Waals surface area contributed by atoms with Crippen LogP contribution in [0.5, 0.6) is 0 Å². The molecule has 2 heterocycles. The monoisotopic (exact) mass is 446 g/mol. The molecular formula is C24H19FN4O4. The fraction of sp³-hybridized carbons (Fsp3) is 0.125. The van der Waals surface area contributed by atoms with Crippen LogP contribution < -0.4 is 10.6 Å². The van der Waals surface area contributed by atoms with Crippen LogP contribution in [0.2, 0.25) is 0 Å². The van der Waals surface area contributed by atoms with Crippen LogP contribution in [0.4, 0.5) is 15.8 Å². The predicted molar refractivity (Wildman–Crippen MR) is 118 cm³/mol. The fourth-order valence-corrected chi connectivity index (χ4v) is 3.46. The summed E-state index contributed by atoms with van der Waals surface area (Å²) in [6.45, 7) is 0.0756. The molecule has 8 nitrogen and oxygen atoms in total. The van der Waals surface area contributed by atoms with Crippen LogP contribution >= 0.6 is 0 Å². The first-order valence-corrected chi connectivity index (χ1v) is 10.2. The SMILES string of the molecule is O=C(CCCN1C(=O)c2ccccc2C1=O)Nc1cc(F)ccc1NC(=O)c1ccccn1. The largest absolute Gasteiger partial charge is 0.324 e. The van der Waals surface area contributed by atoms with Crippen LogP contribution in [0.15, 0.2) is 66.9 Å². The topological polar surface area (TPSA) is 108 Å². The molecule has 9 heteroatoms. The zero-order valence-electron chi connectivity index (χ0n) is 17.4. The average Bonchev–Trinajstić information content (AvgIpc) is 3.06. The Morgan fingerprint density at radius 2 is 1.58 bits per heavy atom. The Kier molecular flexibility index (Phi) is 6.21. The first-order chi connectivity index (χ1) is 15.9. The number of anilines is 2. The molecule has 3 aromatic rings. The Balaban J connectivity index is 1.36. The number of carbonyl (C=O) groups is 4. The minimum atomic E-state index is -0.591. The minimum absolute atomic E-state index is 0.0163. The Morgan fingerprint density at radius 1 is 0.879 bits per heavy atom. The van der Waals surface area contributed by atoms with Gasteiger partial charge < -0.3 is 10.6 Å². The van der Waals surface area contributed by atoms with E-state index in [9.17, 15) is 23.6 Å². The number of hydrogen-bond acceptors (Lipinski definition) is 5. The molecule has 0 saturated heterocycles. The van der Waals surface area contributed by atoms with Gasteiger partial charge in [-0.1, -0.05) is 18.2 Å². The molecule has 0 spiro atoms. The van der Waals surface area contributed by atoms with Crippen LogP contribution in [0, 0.1) is 5.82 Å². The first-order valence-electron chi connectivity index (χ1n) is 10.2. The van der Waals surface area contributed by atoms with Crippen LogP contribution in [-0.2, 0) is 4.79 Å². The van der Waals surface area contributed by atoms with Crippen molar-refractivity contribution in [1.29, 1.82) is 0 Å². The Hall–Kier alpha value is -4.40. The van der Waals surface area contributed by atoms with E-state index in [2.05, 4.69) is 15.6 Å². The quantitative estimate of drug-likeness (QED) is 0.540. The Labute approximate surface area is 188 Å². The van der Waals surface area contributed by atoms with Crippen molar-refractivity contribution in [2.24, 2.45) is 0 Å². The second-order valence-corrected chi connectivity index (χ2v) is 7.32. The van der Waals surface area contributed by atoms with Gasteiger partial charge in [-0.3, -0.25) is 29.1 Å². The molecule has 0 atom stereocenters. The van der Waals surface area contributed by atoms with Crippen molar-refractivity contribution >= 4 is 35.0 Å². The number of carbonyl (C=O) groups excluding carboxylic acids is 4. The molecule has 4 amide bonds. The van der Waals surface area contributed by atoms with Crippen molar-refractivity contribution in [3.8, 4) is 0 Å². The molecule has 1 aromatic heterocycles. The summed E-state index contributed by atoms with van der Waals surface area (Å²) < 4.78 is 13.8. The summed E-state index contributed by atoms with van der Waals surface area (Å²) in [6, 6.07) is 15.0. The molecule has 0 unspecified atom stereocenters. The van der Waals surface area contributed by atoms with E-state index in [0.29, 0.717) is 11.1 Å². The summed E-state index contributed by atoms with van der Waals surface area (Å²) in [6.07, 6.45) is 1.68. The lowest BCUT2D eigenvalue weighted by Crippen LogP contribution is -2.31. The van der Waals surface area contributed by atoms with Gasteiger partial charge in [0.05, 0.1) is 22.5 Å². The lowest BCUT2D eigenvalue weighted by atomic mass is 10.1. The predicted octanol–water partition coefficient (Wildman–Crippen LogP) is 3.49. The van der Waals surface area contributed by atoms with Gasteiger partial charge in [-0.05, 0) is 48.9 Å². The van der Waals surface area contributed by atoms with Gasteiger partial charge in [-0.2, -0.15) is 0 Å². The number of imide groups is 1. The van der Waals surface area contributed by atoms with Crippen LogP contribution in [0.1, 0.15) is 44.0 Å². The normalized spacial score (nSPS) is 12.5. The van der Waals surface area contributed by atoms with Gasteiger partial charge in [0, 0.05) is 19.2 Å². The van der Waals surface area contributed by atoms with Gasteiger partial charge in [0.1, 0.15) is 11.5 Å². The summed E-state index contributed by atoms with van der Waals surface area (Å²) in [5.74, 6) is -2.33. The number of nitrogens with one attached hydrogen (secondary N) is 2. The van der Waals surface area contributed by atoms with Crippen molar-refractivity contribution in [3.05, 3.63) is 89.5 Å². The highest BCUT2D eigenvalue weighted by Crippen LogP contribution is 2.25. The zero-order chi connectivity index (χ0) is 23.4. The molecule has 2 N–H and O–H groups in total. The number of amides is 4. The smallest absolute Gasteiger partial charge is 0.274 e. The molecule has 0 aliphatic carbocycles. The van der Waals surface area contributed by atoms with Crippen LogP contribution in [0.25, 0.3) is 0 Å². The third-order valence-electron chi connectivity index (χ3n) is 5.07. The third kappa shape index (κ3) is 4.77. The van der Waals surface area contributed by atoms with E-state index >= 15 is 0 Å². The van der Waals surface area contributed by atoms with E-state index in [1.807, 2.05) is 0 Å². The maximum absolute atomic E-state index is 13.8. The number of benzene rings is 2. The van der Waals surface area contributed by atoms with Crippen molar-refractivity contribution in [2.45, 2.75) is 12.8 Å². The van der Waals surface area contributed by atoms with E-state index in [1.165, 1.54) is 18.3 Å². The molecule has 166 valence electrons. The molecule has 4 rings (SSSR count). The minimum Gasteiger partial charge on any atom is -0.324 e. The second-order valence-electron chi connectivity index (χ2n) is 7.32. The zero-order valence-corrected chi connectivity index (χ0v) is 17.4. The van der Waals surface area contributed by atoms with E-state index in [-0.39, 0.29) is 48.3 Å². The molecule has 0 saturated carbocycles. The number of pyridine rings is 1. The van der Waals surface area contributed by atoms with Crippen molar-refractivity contribution in [2.75, 3.05) is 17.2 Å². The maximum Gasteiger partial charge on any atom is 0.274 e. The second kappa shape index (κ2) is 9.39. The standard InChI is InChI=1S/C24H19FN4O4/c25-15-10-11-18(28-22(31)19-8-3-4-12-26-19)20(14-15)27-21(30)9-5-13-29-23(32)16-6-1-2-7-17(16)24(29)33/h1-4,6-8,10-12,14H,5,9,13H2,(H,27,30)(H,28,31). The maximum atomic E-state index is 13.8. The Bertz CT molecular complexity index is 1210. The van der Waals surface area contributed by atoms with Gasteiger partial charge in [-0.15, -0.1) is 0 Å². The first kappa shape index (κ1) is 21.8. The van der Waals surface area contributed by atoms with E-state index in [0.717, 1.165) is 17.0 Å². The van der Waals surface area contributed by atoms with Gasteiger partial charge in [0.15, 0.2) is 0 Å². The third-order valence-corrected chi connectivity index (χ3v) is 5.07. The van der Waals surface area contributed by atoms with E-state index in [1.54, 1.807) is 36.4 Å². The van der Waals surface area contributed by atoms with E-state index in [4.69, 9.17) is 0 Å². The van der Waals surface area contributed by atoms with E-state index < -0.39 is 17.6 Å². The average molecular weight is 446 g/mol. The van der Waals surface area contributed by atoms with Crippen LogP contribution in [-0.4, -0.2) is 40.1 Å². The summed E-state index contributed by atoms with van der Waals surface area (Å²) in [7, 11) is 0. The number of aromatic nitrogens is 1. The number of rotatable bonds is 7. The van der Waals surface area contributed by atoms with Gasteiger partial charge in [0.2, 0.25) is 5.91 Å². The van der Waals surface area contributed by atoms with Gasteiger partial charge >= 0.3 is 0 Å². The fourth-order valence-electron chi connectivity index (χ4n) is 3.46. The van der Waals surface area contributed by atoms with Gasteiger partial charge in [0.25, 0.3) is 17.7 Å². The lowest BCUT2D eigenvalue weighted by molar-refractivity contribution is -0.116. The molecule has 2 aromatic carbocycles. The summed E-state index contributed by atoms with van der Waals surface area (Å²) in [4.78, 5) is 54.7. The summed E-state index contributed by atoms with van der Waals surface area (Å²) in [5.41, 5.74) is 1.16. The van der Waals surface area contributed by atoms with Crippen molar-refractivity contribution in [3.63, 3.8) is 0 Å². The molecule has 0 bridgehead atoms. The lowest BCUT2D eigenvalue weighted by Gasteiger charge is -2.15. The molecule has 0 fully saturated rings. The molecule has 1 aliphatic rings. The number of fused-ring (bicyclic) bond motifs is 1. The van der Waals surface area contributed by atoms with Crippen molar-refractivity contribution < 1.29 is 23.6 Å². The number of hydrogen-bond donors (Lipinski definition) is 2. The summed E-state index contributed by atoms with van der Waals surface area (Å²) in [5, 5.41) is 5.17. The van der Waals surface area contributed by atoms with Crippen molar-refractivity contribution in [1.82, 2.24) is 9.88 Å². The molecule has 1 aliphatic heterocycles. The molecule has 0 radical (unpaired) electrons. The molecular weight excluding hydrogens is 427 g/mol. The van der Waals surface area contributed by atoms with Gasteiger partial charge in [-0.25, -0.2) is 4.39 Å².